The number of phosphoric acid groups is 1. The Kier molecular flexibility index (Phi) is 51.6. The van der Waals surface area contributed by atoms with E-state index in [4.69, 9.17) is 18.5 Å². The summed E-state index contributed by atoms with van der Waals surface area (Å²) in [5, 5.41) is 0. The maximum absolute atomic E-state index is 12.8. The van der Waals surface area contributed by atoms with Crippen molar-refractivity contribution in [1.29, 1.82) is 0 Å². The Balaban J connectivity index is 4.23. The van der Waals surface area contributed by atoms with Crippen molar-refractivity contribution in [3.63, 3.8) is 0 Å². The number of phosphoric ester groups is 1. The fourth-order valence-electron chi connectivity index (χ4n) is 7.53. The Morgan fingerprint density at radius 3 is 1.08 bits per heavy atom. The van der Waals surface area contributed by atoms with Gasteiger partial charge in [-0.25, -0.2) is 0 Å². The first-order chi connectivity index (χ1) is 36.0. The van der Waals surface area contributed by atoms with Gasteiger partial charge in [0.05, 0.1) is 27.7 Å². The molecule has 0 amide bonds. The number of rotatable bonds is 52. The second-order valence-electron chi connectivity index (χ2n) is 20.2. The van der Waals surface area contributed by atoms with Gasteiger partial charge in [0.15, 0.2) is 6.10 Å². The molecule has 0 aliphatic carbocycles. The molecule has 0 aliphatic rings. The maximum atomic E-state index is 12.8. The van der Waals surface area contributed by atoms with Gasteiger partial charge in [-0.3, -0.25) is 14.2 Å². The molecule has 0 heterocycles. The van der Waals surface area contributed by atoms with Crippen LogP contribution < -0.4 is 4.89 Å². The number of carbonyl (C=O) groups is 2. The zero-order valence-electron chi connectivity index (χ0n) is 47.7. The molecule has 0 spiro atoms. The highest BCUT2D eigenvalue weighted by Crippen LogP contribution is 2.38. The molecule has 2 atom stereocenters. The molecule has 0 saturated heterocycles. The van der Waals surface area contributed by atoms with E-state index in [9.17, 15) is 19.0 Å². The molecular formula is C64H108NO8P. The summed E-state index contributed by atoms with van der Waals surface area (Å²) >= 11 is 0. The van der Waals surface area contributed by atoms with E-state index in [0.717, 1.165) is 122 Å². The van der Waals surface area contributed by atoms with Gasteiger partial charge < -0.3 is 27.9 Å². The van der Waals surface area contributed by atoms with E-state index < -0.39 is 32.5 Å². The minimum absolute atomic E-state index is 0.0399. The van der Waals surface area contributed by atoms with Gasteiger partial charge in [-0.2, -0.15) is 0 Å². The minimum atomic E-state index is -4.65. The number of quaternary nitrogens is 1. The molecule has 10 heteroatoms. The Morgan fingerprint density at radius 1 is 0.419 bits per heavy atom. The van der Waals surface area contributed by atoms with Gasteiger partial charge in [0.25, 0.3) is 7.82 Å². The van der Waals surface area contributed by atoms with Crippen molar-refractivity contribution in [2.45, 2.75) is 225 Å². The zero-order valence-corrected chi connectivity index (χ0v) is 48.6. The highest BCUT2D eigenvalue weighted by molar-refractivity contribution is 7.45. The van der Waals surface area contributed by atoms with Crippen LogP contribution in [0.25, 0.3) is 0 Å². The predicted molar refractivity (Wildman–Crippen MR) is 314 cm³/mol. The number of likely N-dealkylation sites (N-methyl/N-ethyl adjacent to an activating group) is 1. The SMILES string of the molecule is CC/C=C\C/C=C\C/C=C\C/C=C\C/C=C\C/C=C\CCCCCCCCCCC(=O)OC(COC(=O)CCCCCCCCCCCC/C=C\C/C=C\C/C=C\C/C=C\CC)COP(=O)([O-])OCC[N+](C)(C)C. The highest BCUT2D eigenvalue weighted by atomic mass is 31.2. The van der Waals surface area contributed by atoms with E-state index in [0.29, 0.717) is 17.4 Å². The molecule has 0 bridgehead atoms. The number of ether oxygens (including phenoxy) is 2. The summed E-state index contributed by atoms with van der Waals surface area (Å²) in [5.74, 6) is -0.855. The molecule has 2 unspecified atom stereocenters. The zero-order chi connectivity index (χ0) is 54.2. The lowest BCUT2D eigenvalue weighted by atomic mass is 10.1. The van der Waals surface area contributed by atoms with Gasteiger partial charge in [0.2, 0.25) is 0 Å². The summed E-state index contributed by atoms with van der Waals surface area (Å²) in [5.41, 5.74) is 0. The molecule has 0 saturated carbocycles. The van der Waals surface area contributed by atoms with Crippen LogP contribution in [0.2, 0.25) is 0 Å². The molecule has 0 radical (unpaired) electrons. The standard InChI is InChI=1S/C64H108NO8P/c1-6-8-10-12-14-16-18-20-22-24-26-28-30-31-32-33-35-37-39-41-43-45-47-49-51-53-55-57-64(67)73-62(61-72-74(68,69)71-59-58-65(3,4)5)60-70-63(66)56-54-52-50-48-46-44-42-40-38-36-34-29-27-25-23-21-19-17-15-13-11-9-7-2/h8-11,14-17,20-23,26-29,31-32,35,37,62H,6-7,12-13,18-19,24-25,30,33-34,36,38-61H2,1-5H3/b10-8-,11-9-,16-14-,17-15-,22-20-,23-21-,28-26-,29-27-,32-31-,37-35-. The van der Waals surface area contributed by atoms with Crippen LogP contribution >= 0.6 is 7.82 Å². The third-order valence-electron chi connectivity index (χ3n) is 12.0. The molecule has 0 aromatic rings. The molecule has 0 aromatic heterocycles. The fourth-order valence-corrected chi connectivity index (χ4v) is 8.26. The molecule has 74 heavy (non-hydrogen) atoms. The van der Waals surface area contributed by atoms with Gasteiger partial charge in [-0.05, 0) is 103 Å². The lowest BCUT2D eigenvalue weighted by molar-refractivity contribution is -0.870. The predicted octanol–water partition coefficient (Wildman–Crippen LogP) is 17.7. The maximum Gasteiger partial charge on any atom is 0.306 e. The van der Waals surface area contributed by atoms with E-state index in [2.05, 4.69) is 135 Å². The summed E-state index contributed by atoms with van der Waals surface area (Å²) in [6.45, 7) is 3.99. The molecule has 9 nitrogen and oxygen atoms in total. The number of esters is 2. The lowest BCUT2D eigenvalue weighted by Crippen LogP contribution is -2.37. The van der Waals surface area contributed by atoms with Gasteiger partial charge in [0.1, 0.15) is 19.8 Å². The van der Waals surface area contributed by atoms with E-state index in [1.54, 1.807) is 0 Å². The van der Waals surface area contributed by atoms with Gasteiger partial charge in [0, 0.05) is 12.8 Å². The molecule has 0 rings (SSSR count). The first-order valence-electron chi connectivity index (χ1n) is 29.2. The van der Waals surface area contributed by atoms with E-state index in [-0.39, 0.29) is 26.1 Å². The third kappa shape index (κ3) is 57.7. The van der Waals surface area contributed by atoms with Crippen molar-refractivity contribution in [1.82, 2.24) is 0 Å². The lowest BCUT2D eigenvalue weighted by Gasteiger charge is -2.28. The fraction of sp³-hybridized carbons (Fsp3) is 0.656. The van der Waals surface area contributed by atoms with Crippen molar-refractivity contribution < 1.29 is 42.1 Å². The Labute approximate surface area is 454 Å². The Morgan fingerprint density at radius 2 is 0.730 bits per heavy atom. The molecular weight excluding hydrogens is 942 g/mol. The van der Waals surface area contributed by atoms with Gasteiger partial charge in [-0.15, -0.1) is 0 Å². The molecule has 0 aliphatic heterocycles. The largest absolute Gasteiger partial charge is 0.756 e. The summed E-state index contributed by atoms with van der Waals surface area (Å²) in [6, 6.07) is 0. The average Bonchev–Trinajstić information content (AvgIpc) is 3.36. The molecule has 0 fully saturated rings. The normalized spacial score (nSPS) is 14.2. The van der Waals surface area contributed by atoms with Crippen LogP contribution in [0.3, 0.4) is 0 Å². The summed E-state index contributed by atoms with van der Waals surface area (Å²) in [4.78, 5) is 37.9. The number of hydrogen-bond acceptors (Lipinski definition) is 8. The van der Waals surface area contributed by atoms with Crippen LogP contribution in [0.1, 0.15) is 219 Å². The van der Waals surface area contributed by atoms with Crippen molar-refractivity contribution in [3.05, 3.63) is 122 Å². The number of allylic oxidation sites excluding steroid dienone is 20. The average molecular weight is 1050 g/mol. The summed E-state index contributed by atoms with van der Waals surface area (Å²) in [6.07, 6.45) is 76.6. The van der Waals surface area contributed by atoms with Crippen LogP contribution in [-0.2, 0) is 32.7 Å². The second-order valence-corrected chi connectivity index (χ2v) is 21.7. The van der Waals surface area contributed by atoms with Crippen LogP contribution in [0.4, 0.5) is 0 Å². The monoisotopic (exact) mass is 1050 g/mol. The van der Waals surface area contributed by atoms with Crippen LogP contribution in [0.5, 0.6) is 0 Å². The quantitative estimate of drug-likeness (QED) is 0.0195. The van der Waals surface area contributed by atoms with Crippen LogP contribution in [0, 0.1) is 0 Å². The minimum Gasteiger partial charge on any atom is -0.756 e. The Bertz CT molecular complexity index is 1660. The smallest absolute Gasteiger partial charge is 0.306 e. The number of unbranched alkanes of at least 4 members (excludes halogenated alkanes) is 18. The first kappa shape index (κ1) is 70.4. The summed E-state index contributed by atoms with van der Waals surface area (Å²) < 4.78 is 34.2. The highest BCUT2D eigenvalue weighted by Gasteiger charge is 2.21. The first-order valence-corrected chi connectivity index (χ1v) is 30.7. The molecule has 0 aromatic carbocycles. The van der Waals surface area contributed by atoms with Crippen LogP contribution in [0.15, 0.2) is 122 Å². The van der Waals surface area contributed by atoms with Crippen molar-refractivity contribution in [3.8, 4) is 0 Å². The van der Waals surface area contributed by atoms with E-state index in [1.165, 1.54) is 64.2 Å². The number of hydrogen-bond donors (Lipinski definition) is 0. The second kappa shape index (κ2) is 54.2. The summed E-state index contributed by atoms with van der Waals surface area (Å²) in [7, 11) is 1.14. The topological polar surface area (TPSA) is 111 Å². The third-order valence-corrected chi connectivity index (χ3v) is 12.9. The van der Waals surface area contributed by atoms with E-state index >= 15 is 0 Å². The van der Waals surface area contributed by atoms with Gasteiger partial charge in [-0.1, -0.05) is 225 Å². The van der Waals surface area contributed by atoms with Crippen LogP contribution in [-0.4, -0.2) is 70.0 Å². The van der Waals surface area contributed by atoms with Crippen molar-refractivity contribution in [2.75, 3.05) is 47.5 Å². The Hall–Kier alpha value is -3.59. The molecule has 422 valence electrons. The van der Waals surface area contributed by atoms with Crippen molar-refractivity contribution in [2.24, 2.45) is 0 Å². The number of carbonyl (C=O) groups excluding carboxylic acids is 2. The van der Waals surface area contributed by atoms with Crippen molar-refractivity contribution >= 4 is 19.8 Å². The van der Waals surface area contributed by atoms with Gasteiger partial charge >= 0.3 is 11.9 Å². The number of nitrogens with zero attached hydrogens (tertiary/aromatic N) is 1. The van der Waals surface area contributed by atoms with E-state index in [1.807, 2.05) is 21.1 Å². The molecule has 0 N–H and O–H groups in total.